The van der Waals surface area contributed by atoms with Gasteiger partial charge in [0, 0.05) is 5.69 Å². The summed E-state index contributed by atoms with van der Waals surface area (Å²) in [5, 5.41) is 2.86. The number of fused-ring (bicyclic) bond motifs is 1. The Bertz CT molecular complexity index is 982. The number of rotatable bonds is 8. The van der Waals surface area contributed by atoms with Crippen molar-refractivity contribution in [1.29, 1.82) is 0 Å². The molecule has 1 heterocycles. The Morgan fingerprint density at radius 1 is 1.07 bits per heavy atom. The minimum Gasteiger partial charge on any atom is -0.495 e. The van der Waals surface area contributed by atoms with Crippen LogP contribution in [0.5, 0.6) is 11.5 Å². The van der Waals surface area contributed by atoms with Gasteiger partial charge in [-0.15, -0.1) is 0 Å². The van der Waals surface area contributed by atoms with Crippen LogP contribution < -0.4 is 14.8 Å². The molecule has 0 saturated carbocycles. The SMILES string of the molecule is COc1ccccc1S(=O)(=O)CCCCOc1ccc2c(c1)C(C)(C)C(=O)N2. The molecule has 0 unspecified atom stereocenters. The topological polar surface area (TPSA) is 81.7 Å². The molecule has 0 aliphatic carbocycles. The first-order valence-electron chi connectivity index (χ1n) is 9.20. The predicted molar refractivity (Wildman–Crippen MR) is 108 cm³/mol. The summed E-state index contributed by atoms with van der Waals surface area (Å²) in [6.07, 6.45) is 1.09. The van der Waals surface area contributed by atoms with Gasteiger partial charge in [0.15, 0.2) is 9.84 Å². The van der Waals surface area contributed by atoms with Crippen molar-refractivity contribution in [2.24, 2.45) is 0 Å². The highest BCUT2D eigenvalue weighted by Crippen LogP contribution is 2.39. The van der Waals surface area contributed by atoms with E-state index in [9.17, 15) is 13.2 Å². The second kappa shape index (κ2) is 7.83. The van der Waals surface area contributed by atoms with Crippen LogP contribution in [0.1, 0.15) is 32.3 Å². The smallest absolute Gasteiger partial charge is 0.234 e. The van der Waals surface area contributed by atoms with E-state index in [0.29, 0.717) is 30.9 Å². The fraction of sp³-hybridized carbons (Fsp3) is 0.381. The molecule has 1 N–H and O–H groups in total. The summed E-state index contributed by atoms with van der Waals surface area (Å²) in [6.45, 7) is 4.16. The third kappa shape index (κ3) is 3.99. The van der Waals surface area contributed by atoms with Crippen LogP contribution in [0.2, 0.25) is 0 Å². The number of hydrogen-bond donors (Lipinski definition) is 1. The third-order valence-electron chi connectivity index (χ3n) is 4.96. The summed E-state index contributed by atoms with van der Waals surface area (Å²) in [7, 11) is -1.94. The average molecular weight is 404 g/mol. The lowest BCUT2D eigenvalue weighted by molar-refractivity contribution is -0.119. The number of hydrogen-bond acceptors (Lipinski definition) is 5. The van der Waals surface area contributed by atoms with Crippen LogP contribution in [-0.4, -0.2) is 33.8 Å². The van der Waals surface area contributed by atoms with Gasteiger partial charge in [-0.3, -0.25) is 4.79 Å². The van der Waals surface area contributed by atoms with E-state index in [2.05, 4.69) is 5.32 Å². The maximum Gasteiger partial charge on any atom is 0.234 e. The first kappa shape index (κ1) is 20.2. The lowest BCUT2D eigenvalue weighted by Crippen LogP contribution is -2.26. The van der Waals surface area contributed by atoms with Gasteiger partial charge in [0.05, 0.1) is 24.9 Å². The van der Waals surface area contributed by atoms with Crippen molar-refractivity contribution >= 4 is 21.4 Å². The molecule has 6 nitrogen and oxygen atoms in total. The van der Waals surface area contributed by atoms with Gasteiger partial charge in [0.2, 0.25) is 5.91 Å². The Morgan fingerprint density at radius 2 is 1.82 bits per heavy atom. The van der Waals surface area contributed by atoms with E-state index in [1.165, 1.54) is 7.11 Å². The highest BCUT2D eigenvalue weighted by molar-refractivity contribution is 7.91. The summed E-state index contributed by atoms with van der Waals surface area (Å²) in [4.78, 5) is 12.2. The number of para-hydroxylation sites is 1. The molecule has 0 bridgehead atoms. The van der Waals surface area contributed by atoms with Crippen molar-refractivity contribution in [2.45, 2.75) is 37.0 Å². The second-order valence-electron chi connectivity index (χ2n) is 7.31. The van der Waals surface area contributed by atoms with Crippen molar-refractivity contribution in [3.8, 4) is 11.5 Å². The monoisotopic (exact) mass is 403 g/mol. The van der Waals surface area contributed by atoms with Gasteiger partial charge in [-0.05, 0) is 62.6 Å². The van der Waals surface area contributed by atoms with E-state index in [0.717, 1.165) is 11.3 Å². The van der Waals surface area contributed by atoms with Crippen LogP contribution >= 0.6 is 0 Å². The predicted octanol–water partition coefficient (Wildman–Crippen LogP) is 3.56. The molecule has 3 rings (SSSR count). The lowest BCUT2D eigenvalue weighted by Gasteiger charge is -2.16. The average Bonchev–Trinajstić information content (AvgIpc) is 2.90. The van der Waals surface area contributed by atoms with Crippen molar-refractivity contribution < 1.29 is 22.7 Å². The maximum atomic E-state index is 12.5. The van der Waals surface area contributed by atoms with E-state index < -0.39 is 15.3 Å². The van der Waals surface area contributed by atoms with Crippen molar-refractivity contribution in [3.63, 3.8) is 0 Å². The molecule has 0 radical (unpaired) electrons. The van der Waals surface area contributed by atoms with Crippen LogP contribution in [0.3, 0.4) is 0 Å². The lowest BCUT2D eigenvalue weighted by atomic mass is 9.86. The molecular weight excluding hydrogens is 378 g/mol. The molecular formula is C21H25NO5S. The van der Waals surface area contributed by atoms with Gasteiger partial charge in [-0.25, -0.2) is 8.42 Å². The molecule has 1 aliphatic rings. The standard InChI is InChI=1S/C21H25NO5S/c1-21(2)16-14-15(10-11-17(16)22-20(21)23)27-12-6-7-13-28(24,25)19-9-5-4-8-18(19)26-3/h4-5,8-11,14H,6-7,12-13H2,1-3H3,(H,22,23). The molecule has 1 amide bonds. The van der Waals surface area contributed by atoms with E-state index in [4.69, 9.17) is 9.47 Å². The molecule has 2 aromatic rings. The van der Waals surface area contributed by atoms with Gasteiger partial charge < -0.3 is 14.8 Å². The molecule has 0 saturated heterocycles. The minimum absolute atomic E-state index is 0.0267. The highest BCUT2D eigenvalue weighted by atomic mass is 32.2. The van der Waals surface area contributed by atoms with Gasteiger partial charge in [0.25, 0.3) is 0 Å². The molecule has 150 valence electrons. The zero-order chi connectivity index (χ0) is 20.4. The Hall–Kier alpha value is -2.54. The van der Waals surface area contributed by atoms with Gasteiger partial charge in [-0.1, -0.05) is 12.1 Å². The number of carbonyl (C=O) groups excluding carboxylic acids is 1. The Morgan fingerprint density at radius 3 is 2.57 bits per heavy atom. The van der Waals surface area contributed by atoms with E-state index in [1.54, 1.807) is 24.3 Å². The number of ether oxygens (including phenoxy) is 2. The van der Waals surface area contributed by atoms with Crippen LogP contribution in [0.25, 0.3) is 0 Å². The summed E-state index contributed by atoms with van der Waals surface area (Å²) >= 11 is 0. The van der Waals surface area contributed by atoms with Gasteiger partial charge in [-0.2, -0.15) is 0 Å². The molecule has 1 aliphatic heterocycles. The maximum absolute atomic E-state index is 12.5. The van der Waals surface area contributed by atoms with Crippen molar-refractivity contribution in [3.05, 3.63) is 48.0 Å². The quantitative estimate of drug-likeness (QED) is 0.682. The zero-order valence-corrected chi connectivity index (χ0v) is 17.1. The summed E-state index contributed by atoms with van der Waals surface area (Å²) in [6, 6.07) is 12.2. The first-order valence-corrected chi connectivity index (χ1v) is 10.9. The normalized spacial score (nSPS) is 15.0. The first-order chi connectivity index (χ1) is 13.3. The summed E-state index contributed by atoms with van der Waals surface area (Å²) < 4.78 is 35.9. The number of unbranched alkanes of at least 4 members (excludes halogenated alkanes) is 1. The molecule has 0 spiro atoms. The van der Waals surface area contributed by atoms with Crippen LogP contribution in [0, 0.1) is 0 Å². The van der Waals surface area contributed by atoms with Gasteiger partial charge >= 0.3 is 0 Å². The largest absolute Gasteiger partial charge is 0.495 e. The van der Waals surface area contributed by atoms with Crippen molar-refractivity contribution in [1.82, 2.24) is 0 Å². The molecule has 0 aromatic heterocycles. The van der Waals surface area contributed by atoms with E-state index in [1.807, 2.05) is 32.0 Å². The van der Waals surface area contributed by atoms with Gasteiger partial charge in [0.1, 0.15) is 16.4 Å². The number of nitrogens with one attached hydrogen (secondary N) is 1. The van der Waals surface area contributed by atoms with Crippen LogP contribution in [0.4, 0.5) is 5.69 Å². The second-order valence-corrected chi connectivity index (χ2v) is 9.39. The zero-order valence-electron chi connectivity index (χ0n) is 16.3. The Labute approximate surface area is 165 Å². The number of sulfone groups is 1. The van der Waals surface area contributed by atoms with E-state index in [-0.39, 0.29) is 16.6 Å². The molecule has 28 heavy (non-hydrogen) atoms. The molecule has 7 heteroatoms. The number of benzene rings is 2. The van der Waals surface area contributed by atoms with Crippen molar-refractivity contribution in [2.75, 3.05) is 24.8 Å². The van der Waals surface area contributed by atoms with Crippen LogP contribution in [0.15, 0.2) is 47.4 Å². The fourth-order valence-electron chi connectivity index (χ4n) is 3.21. The van der Waals surface area contributed by atoms with Crippen LogP contribution in [-0.2, 0) is 20.0 Å². The third-order valence-corrected chi connectivity index (χ3v) is 6.79. The number of carbonyl (C=O) groups is 1. The Kier molecular flexibility index (Phi) is 5.65. The molecule has 0 fully saturated rings. The molecule has 2 aromatic carbocycles. The van der Waals surface area contributed by atoms with E-state index >= 15 is 0 Å². The fourth-order valence-corrected chi connectivity index (χ4v) is 4.76. The Balaban J connectivity index is 1.53. The summed E-state index contributed by atoms with van der Waals surface area (Å²) in [5.74, 6) is 1.05. The number of amides is 1. The highest BCUT2D eigenvalue weighted by Gasteiger charge is 2.38. The number of anilines is 1. The summed E-state index contributed by atoms with van der Waals surface area (Å²) in [5.41, 5.74) is 1.14. The number of methoxy groups -OCH3 is 1. The minimum atomic E-state index is -3.40. The molecule has 0 atom stereocenters.